The molecule has 18 heavy (non-hydrogen) atoms. The van der Waals surface area contributed by atoms with Gasteiger partial charge in [-0.05, 0) is 31.2 Å². The molecule has 0 saturated heterocycles. The summed E-state index contributed by atoms with van der Waals surface area (Å²) in [5.74, 6) is -0.581. The molecule has 1 rings (SSSR count). The van der Waals surface area contributed by atoms with Crippen LogP contribution in [0.5, 0.6) is 5.75 Å². The first-order chi connectivity index (χ1) is 8.52. The van der Waals surface area contributed by atoms with E-state index in [1.54, 1.807) is 31.2 Å². The Labute approximate surface area is 104 Å². The third kappa shape index (κ3) is 4.14. The van der Waals surface area contributed by atoms with Gasteiger partial charge in [0.15, 0.2) is 6.10 Å². The molecule has 0 fully saturated rings. The largest absolute Gasteiger partial charge is 0.481 e. The number of nitrogens with two attached hydrogens (primary N) is 1. The predicted molar refractivity (Wildman–Crippen MR) is 63.5 cm³/mol. The number of rotatable bonds is 5. The van der Waals surface area contributed by atoms with Crippen molar-refractivity contribution in [3.05, 3.63) is 29.8 Å². The van der Waals surface area contributed by atoms with E-state index in [0.29, 0.717) is 11.3 Å². The third-order valence-corrected chi connectivity index (χ3v) is 2.10. The van der Waals surface area contributed by atoms with E-state index in [9.17, 15) is 9.59 Å². The number of benzene rings is 1. The highest BCUT2D eigenvalue weighted by Gasteiger charge is 2.14. The highest BCUT2D eigenvalue weighted by molar-refractivity contribution is 5.86. The van der Waals surface area contributed by atoms with Gasteiger partial charge in [0.1, 0.15) is 5.75 Å². The minimum absolute atomic E-state index is 0.222. The molecule has 3 N–H and O–H groups in total. The number of nitrogens with one attached hydrogen (secondary N) is 1. The summed E-state index contributed by atoms with van der Waals surface area (Å²) in [6.07, 6.45) is -0.753. The van der Waals surface area contributed by atoms with E-state index >= 15 is 0 Å². The first kappa shape index (κ1) is 13.5. The van der Waals surface area contributed by atoms with Crippen molar-refractivity contribution >= 4 is 11.8 Å². The molecule has 1 aromatic rings. The van der Waals surface area contributed by atoms with Gasteiger partial charge in [0.25, 0.3) is 5.91 Å². The average molecular weight is 247 g/mol. The van der Waals surface area contributed by atoms with Crippen molar-refractivity contribution in [2.75, 3.05) is 6.54 Å². The smallest absolute Gasteiger partial charge is 0.261 e. The molecule has 94 valence electrons. The molecular formula is C12H13N3O3. The summed E-state index contributed by atoms with van der Waals surface area (Å²) >= 11 is 0. The highest BCUT2D eigenvalue weighted by Crippen LogP contribution is 2.13. The second-order valence-electron chi connectivity index (χ2n) is 3.58. The maximum Gasteiger partial charge on any atom is 0.261 e. The van der Waals surface area contributed by atoms with Gasteiger partial charge < -0.3 is 15.8 Å². The standard InChI is InChI=1S/C12H13N3O3/c1-8(12(17)15-7-11(14)16)18-10-4-2-9(6-13)3-5-10/h2-5,8H,7H2,1H3,(H2,14,16)(H,15,17). The molecule has 6 heteroatoms. The van der Waals surface area contributed by atoms with Crippen LogP contribution in [0, 0.1) is 11.3 Å². The molecule has 1 atom stereocenters. The average Bonchev–Trinajstić information content (AvgIpc) is 2.36. The summed E-state index contributed by atoms with van der Waals surface area (Å²) < 4.78 is 5.33. The first-order valence-electron chi connectivity index (χ1n) is 5.25. The fraction of sp³-hybridized carbons (Fsp3) is 0.250. The van der Waals surface area contributed by atoms with E-state index in [-0.39, 0.29) is 6.54 Å². The Bertz CT molecular complexity index is 476. The van der Waals surface area contributed by atoms with Crippen molar-refractivity contribution in [3.8, 4) is 11.8 Å². The fourth-order valence-corrected chi connectivity index (χ4v) is 1.18. The van der Waals surface area contributed by atoms with Crippen molar-refractivity contribution in [1.82, 2.24) is 5.32 Å². The number of hydrogen-bond donors (Lipinski definition) is 2. The van der Waals surface area contributed by atoms with Crippen LogP contribution in [-0.4, -0.2) is 24.5 Å². The van der Waals surface area contributed by atoms with Crippen LogP contribution < -0.4 is 15.8 Å². The number of carbonyl (C=O) groups excluding carboxylic acids is 2. The maximum absolute atomic E-state index is 11.5. The zero-order chi connectivity index (χ0) is 13.5. The number of nitriles is 1. The van der Waals surface area contributed by atoms with Crippen molar-refractivity contribution in [3.63, 3.8) is 0 Å². The van der Waals surface area contributed by atoms with E-state index in [2.05, 4.69) is 5.32 Å². The molecule has 0 radical (unpaired) electrons. The molecule has 0 aliphatic carbocycles. The van der Waals surface area contributed by atoms with E-state index in [0.717, 1.165) is 0 Å². The van der Waals surface area contributed by atoms with Crippen LogP contribution in [0.25, 0.3) is 0 Å². The van der Waals surface area contributed by atoms with Crippen LogP contribution in [0.1, 0.15) is 12.5 Å². The Morgan fingerprint density at radius 3 is 2.56 bits per heavy atom. The van der Waals surface area contributed by atoms with Crippen LogP contribution in [0.3, 0.4) is 0 Å². The maximum atomic E-state index is 11.5. The lowest BCUT2D eigenvalue weighted by Crippen LogP contribution is -2.40. The van der Waals surface area contributed by atoms with E-state index in [1.807, 2.05) is 6.07 Å². The summed E-state index contributed by atoms with van der Waals surface area (Å²) in [6, 6.07) is 8.34. The quantitative estimate of drug-likeness (QED) is 0.759. The molecule has 0 aromatic heterocycles. The molecule has 0 aliphatic heterocycles. The highest BCUT2D eigenvalue weighted by atomic mass is 16.5. The van der Waals surface area contributed by atoms with Crippen LogP contribution in [0.15, 0.2) is 24.3 Å². The van der Waals surface area contributed by atoms with Gasteiger partial charge in [-0.25, -0.2) is 0 Å². The van der Waals surface area contributed by atoms with Crippen molar-refractivity contribution in [2.24, 2.45) is 5.73 Å². The first-order valence-corrected chi connectivity index (χ1v) is 5.25. The third-order valence-electron chi connectivity index (χ3n) is 2.10. The summed E-state index contributed by atoms with van der Waals surface area (Å²) in [6.45, 7) is 1.33. The lowest BCUT2D eigenvalue weighted by molar-refractivity contribution is -0.129. The molecule has 1 aromatic carbocycles. The van der Waals surface area contributed by atoms with E-state index in [4.69, 9.17) is 15.7 Å². The Hall–Kier alpha value is -2.55. The van der Waals surface area contributed by atoms with Gasteiger partial charge in [-0.1, -0.05) is 0 Å². The van der Waals surface area contributed by atoms with Crippen LogP contribution in [-0.2, 0) is 9.59 Å². The number of nitrogens with zero attached hydrogens (tertiary/aromatic N) is 1. The lowest BCUT2D eigenvalue weighted by atomic mass is 10.2. The Kier molecular flexibility index (Phi) is 4.69. The molecular weight excluding hydrogens is 234 g/mol. The predicted octanol–water partition coefficient (Wildman–Crippen LogP) is -0.0729. The molecule has 0 spiro atoms. The van der Waals surface area contributed by atoms with Gasteiger partial charge >= 0.3 is 0 Å². The van der Waals surface area contributed by atoms with E-state index < -0.39 is 17.9 Å². The zero-order valence-corrected chi connectivity index (χ0v) is 9.84. The summed E-state index contributed by atoms with van der Waals surface area (Å²) in [4.78, 5) is 22.0. The Balaban J connectivity index is 2.53. The number of primary amides is 1. The summed E-state index contributed by atoms with van der Waals surface area (Å²) in [5.41, 5.74) is 5.41. The second kappa shape index (κ2) is 6.25. The zero-order valence-electron chi connectivity index (χ0n) is 9.84. The normalized spacial score (nSPS) is 11.1. The minimum atomic E-state index is -0.753. The monoisotopic (exact) mass is 247 g/mol. The van der Waals surface area contributed by atoms with Crippen LogP contribution >= 0.6 is 0 Å². The Morgan fingerprint density at radius 1 is 1.44 bits per heavy atom. The second-order valence-corrected chi connectivity index (χ2v) is 3.58. The van der Waals surface area contributed by atoms with Crippen molar-refractivity contribution in [2.45, 2.75) is 13.0 Å². The molecule has 0 heterocycles. The molecule has 2 amide bonds. The van der Waals surface area contributed by atoms with Crippen LogP contribution in [0.4, 0.5) is 0 Å². The lowest BCUT2D eigenvalue weighted by Gasteiger charge is -2.13. The molecule has 0 saturated carbocycles. The van der Waals surface area contributed by atoms with Gasteiger partial charge in [-0.3, -0.25) is 9.59 Å². The molecule has 6 nitrogen and oxygen atoms in total. The van der Waals surface area contributed by atoms with Gasteiger partial charge in [0.2, 0.25) is 5.91 Å². The topological polar surface area (TPSA) is 105 Å². The number of amides is 2. The number of ether oxygens (including phenoxy) is 1. The Morgan fingerprint density at radius 2 is 2.06 bits per heavy atom. The van der Waals surface area contributed by atoms with Crippen molar-refractivity contribution in [1.29, 1.82) is 5.26 Å². The van der Waals surface area contributed by atoms with Gasteiger partial charge in [-0.15, -0.1) is 0 Å². The number of carbonyl (C=O) groups is 2. The molecule has 0 bridgehead atoms. The van der Waals surface area contributed by atoms with Crippen molar-refractivity contribution < 1.29 is 14.3 Å². The fourth-order valence-electron chi connectivity index (χ4n) is 1.18. The van der Waals surface area contributed by atoms with Gasteiger partial charge in [-0.2, -0.15) is 5.26 Å². The minimum Gasteiger partial charge on any atom is -0.481 e. The molecule has 0 aliphatic rings. The molecule has 1 unspecified atom stereocenters. The van der Waals surface area contributed by atoms with Gasteiger partial charge in [0, 0.05) is 0 Å². The van der Waals surface area contributed by atoms with Gasteiger partial charge in [0.05, 0.1) is 18.2 Å². The summed E-state index contributed by atoms with van der Waals surface area (Å²) in [5, 5.41) is 11.0. The van der Waals surface area contributed by atoms with E-state index in [1.165, 1.54) is 0 Å². The SMILES string of the molecule is CC(Oc1ccc(C#N)cc1)C(=O)NCC(N)=O. The number of hydrogen-bond acceptors (Lipinski definition) is 4. The van der Waals surface area contributed by atoms with Crippen LogP contribution in [0.2, 0.25) is 0 Å². The summed E-state index contributed by atoms with van der Waals surface area (Å²) in [7, 11) is 0.